The van der Waals surface area contributed by atoms with E-state index < -0.39 is 0 Å². The number of carbonyl (C=O) groups excluding carboxylic acids is 2. The molecule has 0 atom stereocenters. The van der Waals surface area contributed by atoms with Gasteiger partial charge in [-0.15, -0.1) is 0 Å². The van der Waals surface area contributed by atoms with Crippen molar-refractivity contribution in [2.45, 2.75) is 42.5 Å². The summed E-state index contributed by atoms with van der Waals surface area (Å²) in [6.07, 6.45) is 2.13. The molecule has 2 amide bonds. The number of benzene rings is 2. The molecule has 3 rings (SSSR count). The second-order valence-corrected chi connectivity index (χ2v) is 8.58. The Bertz CT molecular complexity index is 847. The van der Waals surface area contributed by atoms with Gasteiger partial charge in [0.1, 0.15) is 0 Å². The molecule has 28 heavy (non-hydrogen) atoms. The maximum absolute atomic E-state index is 12.2. The summed E-state index contributed by atoms with van der Waals surface area (Å²) in [4.78, 5) is 28.0. The van der Waals surface area contributed by atoms with Gasteiger partial charge >= 0.3 is 0 Å². The van der Waals surface area contributed by atoms with Crippen LogP contribution in [0.4, 0.5) is 5.69 Å². The number of nitrogens with zero attached hydrogens (tertiary/aromatic N) is 1. The maximum Gasteiger partial charge on any atom is 0.238 e. The van der Waals surface area contributed by atoms with Crippen molar-refractivity contribution in [3.63, 3.8) is 0 Å². The van der Waals surface area contributed by atoms with E-state index in [1.165, 1.54) is 16.0 Å². The van der Waals surface area contributed by atoms with Gasteiger partial charge in [-0.3, -0.25) is 14.5 Å². The minimum absolute atomic E-state index is 0.0227. The minimum Gasteiger partial charge on any atom is -0.352 e. The third-order valence-corrected chi connectivity index (χ3v) is 5.62. The molecule has 0 spiro atoms. The van der Waals surface area contributed by atoms with Gasteiger partial charge in [0.2, 0.25) is 11.8 Å². The monoisotopic (exact) mass is 397 g/mol. The van der Waals surface area contributed by atoms with E-state index in [0.29, 0.717) is 6.04 Å². The van der Waals surface area contributed by atoms with Crippen molar-refractivity contribution in [2.24, 2.45) is 0 Å². The Morgan fingerprint density at radius 2 is 1.61 bits per heavy atom. The number of likely N-dealkylation sites (N-methyl/N-ethyl adjacent to an activating group) is 1. The third kappa shape index (κ3) is 6.39. The van der Waals surface area contributed by atoms with Crippen LogP contribution < -0.4 is 10.6 Å². The van der Waals surface area contributed by atoms with Crippen LogP contribution in [-0.2, 0) is 9.59 Å². The van der Waals surface area contributed by atoms with Gasteiger partial charge in [0.15, 0.2) is 0 Å². The van der Waals surface area contributed by atoms with Gasteiger partial charge in [0, 0.05) is 21.5 Å². The van der Waals surface area contributed by atoms with E-state index in [2.05, 4.69) is 42.7 Å². The molecule has 0 radical (unpaired) electrons. The molecule has 2 N–H and O–H groups in total. The fraction of sp³-hybridized carbons (Fsp3) is 0.364. The zero-order chi connectivity index (χ0) is 20.1. The Balaban J connectivity index is 1.46. The highest BCUT2D eigenvalue weighted by atomic mass is 32.2. The maximum atomic E-state index is 12.2. The smallest absolute Gasteiger partial charge is 0.238 e. The fourth-order valence-electron chi connectivity index (χ4n) is 2.77. The Morgan fingerprint density at radius 3 is 2.25 bits per heavy atom. The van der Waals surface area contributed by atoms with Crippen LogP contribution in [0.5, 0.6) is 0 Å². The van der Waals surface area contributed by atoms with Gasteiger partial charge in [-0.25, -0.2) is 0 Å². The molecule has 2 aromatic carbocycles. The van der Waals surface area contributed by atoms with Crippen LogP contribution in [0.2, 0.25) is 0 Å². The van der Waals surface area contributed by atoms with Crippen LogP contribution >= 0.6 is 11.8 Å². The first-order chi connectivity index (χ1) is 13.4. The van der Waals surface area contributed by atoms with E-state index >= 15 is 0 Å². The van der Waals surface area contributed by atoms with Crippen molar-refractivity contribution >= 4 is 29.3 Å². The Hall–Kier alpha value is -2.31. The minimum atomic E-state index is -0.128. The predicted octanol–water partition coefficient (Wildman–Crippen LogP) is 3.60. The SMILES string of the molecule is Cc1ccc(Sc2ccc(NC(=O)CN(C)CC(=O)NC3CC3)cc2)cc1C. The molecular formula is C22H27N3O2S. The average molecular weight is 398 g/mol. The molecule has 0 aliphatic heterocycles. The molecule has 2 aromatic rings. The third-order valence-electron chi connectivity index (χ3n) is 4.62. The van der Waals surface area contributed by atoms with Crippen LogP contribution in [0, 0.1) is 13.8 Å². The van der Waals surface area contributed by atoms with E-state index in [9.17, 15) is 9.59 Å². The summed E-state index contributed by atoms with van der Waals surface area (Å²) in [7, 11) is 1.77. The molecule has 148 valence electrons. The van der Waals surface area contributed by atoms with Gasteiger partial charge < -0.3 is 10.6 Å². The van der Waals surface area contributed by atoms with E-state index in [1.54, 1.807) is 23.7 Å². The standard InChI is InChI=1S/C22H27N3O2S/c1-15-4-9-20(12-16(15)2)28-19-10-7-18(8-11-19)24-22(27)14-25(3)13-21(26)23-17-5-6-17/h4,7-12,17H,5-6,13-14H2,1-3H3,(H,23,26)(H,24,27). The van der Waals surface area contributed by atoms with Crippen molar-refractivity contribution in [1.82, 2.24) is 10.2 Å². The fourth-order valence-corrected chi connectivity index (χ4v) is 3.68. The predicted molar refractivity (Wildman–Crippen MR) is 114 cm³/mol. The second kappa shape index (κ2) is 9.26. The summed E-state index contributed by atoms with van der Waals surface area (Å²) in [6, 6.07) is 14.6. The highest BCUT2D eigenvalue weighted by Crippen LogP contribution is 2.29. The first-order valence-corrected chi connectivity index (χ1v) is 10.3. The number of anilines is 1. The van der Waals surface area contributed by atoms with Crippen LogP contribution in [-0.4, -0.2) is 42.9 Å². The summed E-state index contributed by atoms with van der Waals surface area (Å²) in [5.41, 5.74) is 3.33. The summed E-state index contributed by atoms with van der Waals surface area (Å²) in [5.74, 6) is -0.151. The lowest BCUT2D eigenvalue weighted by Gasteiger charge is -2.16. The summed E-state index contributed by atoms with van der Waals surface area (Å²) < 4.78 is 0. The number of amides is 2. The van der Waals surface area contributed by atoms with Crippen molar-refractivity contribution < 1.29 is 9.59 Å². The van der Waals surface area contributed by atoms with Gasteiger partial charge in [-0.2, -0.15) is 0 Å². The molecule has 0 unspecified atom stereocenters. The molecular weight excluding hydrogens is 370 g/mol. The number of hydrogen-bond donors (Lipinski definition) is 2. The lowest BCUT2D eigenvalue weighted by molar-refractivity contribution is -0.123. The Kier molecular flexibility index (Phi) is 6.75. The van der Waals surface area contributed by atoms with E-state index in [4.69, 9.17) is 0 Å². The van der Waals surface area contributed by atoms with Gasteiger partial charge in [-0.1, -0.05) is 17.8 Å². The Morgan fingerprint density at radius 1 is 0.964 bits per heavy atom. The van der Waals surface area contributed by atoms with Crippen molar-refractivity contribution in [2.75, 3.05) is 25.5 Å². The van der Waals surface area contributed by atoms with E-state index in [0.717, 1.165) is 23.4 Å². The first-order valence-electron chi connectivity index (χ1n) is 9.52. The molecule has 0 aromatic heterocycles. The largest absolute Gasteiger partial charge is 0.352 e. The molecule has 6 heteroatoms. The van der Waals surface area contributed by atoms with Gasteiger partial charge in [-0.05, 0) is 81.3 Å². The highest BCUT2D eigenvalue weighted by molar-refractivity contribution is 7.99. The van der Waals surface area contributed by atoms with Crippen molar-refractivity contribution in [3.8, 4) is 0 Å². The lowest BCUT2D eigenvalue weighted by Crippen LogP contribution is -2.39. The Labute approximate surface area is 170 Å². The quantitative estimate of drug-likeness (QED) is 0.714. The topological polar surface area (TPSA) is 61.4 Å². The molecule has 0 bridgehead atoms. The molecule has 0 heterocycles. The number of rotatable bonds is 8. The number of carbonyl (C=O) groups is 2. The average Bonchev–Trinajstić information content (AvgIpc) is 3.43. The number of aryl methyl sites for hydroxylation is 2. The molecule has 1 saturated carbocycles. The molecule has 1 aliphatic rings. The van der Waals surface area contributed by atoms with Gasteiger partial charge in [0.05, 0.1) is 13.1 Å². The number of nitrogens with one attached hydrogen (secondary N) is 2. The molecule has 0 saturated heterocycles. The van der Waals surface area contributed by atoms with E-state index in [-0.39, 0.29) is 24.9 Å². The first kappa shape index (κ1) is 20.4. The van der Waals surface area contributed by atoms with Crippen molar-refractivity contribution in [1.29, 1.82) is 0 Å². The molecule has 5 nitrogen and oxygen atoms in total. The van der Waals surface area contributed by atoms with Gasteiger partial charge in [0.25, 0.3) is 0 Å². The zero-order valence-corrected chi connectivity index (χ0v) is 17.4. The highest BCUT2D eigenvalue weighted by Gasteiger charge is 2.23. The van der Waals surface area contributed by atoms with Crippen LogP contribution in [0.25, 0.3) is 0 Å². The molecule has 1 fully saturated rings. The normalized spacial score (nSPS) is 13.4. The van der Waals surface area contributed by atoms with Crippen LogP contribution in [0.1, 0.15) is 24.0 Å². The van der Waals surface area contributed by atoms with Crippen molar-refractivity contribution in [3.05, 3.63) is 53.6 Å². The van der Waals surface area contributed by atoms with Crippen LogP contribution in [0.15, 0.2) is 52.3 Å². The van der Waals surface area contributed by atoms with E-state index in [1.807, 2.05) is 24.3 Å². The number of hydrogen-bond acceptors (Lipinski definition) is 4. The second-order valence-electron chi connectivity index (χ2n) is 7.43. The summed E-state index contributed by atoms with van der Waals surface area (Å²) >= 11 is 1.70. The summed E-state index contributed by atoms with van der Waals surface area (Å²) in [6.45, 7) is 4.63. The zero-order valence-electron chi connectivity index (χ0n) is 16.6. The van der Waals surface area contributed by atoms with Crippen LogP contribution in [0.3, 0.4) is 0 Å². The summed E-state index contributed by atoms with van der Waals surface area (Å²) in [5, 5.41) is 5.81. The molecule has 1 aliphatic carbocycles. The lowest BCUT2D eigenvalue weighted by atomic mass is 10.1.